The Morgan fingerprint density at radius 2 is 1.85 bits per heavy atom. The zero-order chi connectivity index (χ0) is 19.1. The van der Waals surface area contributed by atoms with Crippen LogP contribution in [0.5, 0.6) is 11.5 Å². The molecule has 1 aliphatic rings. The third-order valence-electron chi connectivity index (χ3n) is 4.68. The Morgan fingerprint density at radius 1 is 1.11 bits per heavy atom. The molecular formula is C22H25NO4. The van der Waals surface area contributed by atoms with Crippen LogP contribution in [0.25, 0.3) is 11.6 Å². The molecule has 0 radical (unpaired) electrons. The van der Waals surface area contributed by atoms with E-state index < -0.39 is 5.97 Å². The number of carboxylic acid groups (broad SMARTS) is 1. The maximum absolute atomic E-state index is 11.7. The Kier molecular flexibility index (Phi) is 6.49. The fraction of sp³-hybridized carbons (Fsp3) is 0.318. The highest BCUT2D eigenvalue weighted by molar-refractivity contribution is 6.20. The van der Waals surface area contributed by atoms with Gasteiger partial charge < -0.3 is 14.6 Å². The smallest absolute Gasteiger partial charge is 0.336 e. The quantitative estimate of drug-likeness (QED) is 0.568. The topological polar surface area (TPSA) is 59.0 Å². The van der Waals surface area contributed by atoms with Gasteiger partial charge in [-0.15, -0.1) is 0 Å². The first-order chi connectivity index (χ1) is 13.2. The van der Waals surface area contributed by atoms with E-state index in [1.165, 1.54) is 12.8 Å². The third-order valence-corrected chi connectivity index (χ3v) is 4.68. The lowest BCUT2D eigenvalue weighted by Crippen LogP contribution is -2.25. The lowest BCUT2D eigenvalue weighted by atomic mass is 10.0. The largest absolute Gasteiger partial charge is 0.493 e. The average Bonchev–Trinajstić information content (AvgIpc) is 3.20. The molecule has 0 aromatic heterocycles. The Balaban J connectivity index is 1.79. The minimum Gasteiger partial charge on any atom is -0.493 e. The van der Waals surface area contributed by atoms with Gasteiger partial charge in [0.05, 0.1) is 12.7 Å². The summed E-state index contributed by atoms with van der Waals surface area (Å²) in [7, 11) is 1.60. The summed E-state index contributed by atoms with van der Waals surface area (Å²) in [6.07, 6.45) is 4.16. The van der Waals surface area contributed by atoms with E-state index in [1.807, 2.05) is 36.4 Å². The van der Waals surface area contributed by atoms with Crippen molar-refractivity contribution in [3.63, 3.8) is 0 Å². The first-order valence-electron chi connectivity index (χ1n) is 9.21. The fourth-order valence-electron chi connectivity index (χ4n) is 3.24. The molecule has 3 rings (SSSR count). The number of likely N-dealkylation sites (tertiary alicyclic amines) is 1. The first kappa shape index (κ1) is 19.0. The fourth-order valence-corrected chi connectivity index (χ4v) is 3.24. The second kappa shape index (κ2) is 9.24. The highest BCUT2D eigenvalue weighted by Gasteiger charge is 2.13. The van der Waals surface area contributed by atoms with Crippen molar-refractivity contribution in [1.82, 2.24) is 4.90 Å². The number of hydrogen-bond donors (Lipinski definition) is 1. The van der Waals surface area contributed by atoms with Gasteiger partial charge in [0, 0.05) is 6.54 Å². The summed E-state index contributed by atoms with van der Waals surface area (Å²) in [5.41, 5.74) is 1.66. The number of ether oxygens (including phenoxy) is 2. The first-order valence-corrected chi connectivity index (χ1v) is 9.21. The Morgan fingerprint density at radius 3 is 2.52 bits per heavy atom. The Bertz CT molecular complexity index is 795. The van der Waals surface area contributed by atoms with Crippen LogP contribution in [0.2, 0.25) is 0 Å². The summed E-state index contributed by atoms with van der Waals surface area (Å²) in [4.78, 5) is 14.1. The summed E-state index contributed by atoms with van der Waals surface area (Å²) in [6, 6.07) is 14.6. The average molecular weight is 367 g/mol. The van der Waals surface area contributed by atoms with Crippen molar-refractivity contribution in [3.05, 3.63) is 59.7 Å². The summed E-state index contributed by atoms with van der Waals surface area (Å²) in [6.45, 7) is 3.71. The number of hydrogen-bond acceptors (Lipinski definition) is 4. The second-order valence-electron chi connectivity index (χ2n) is 6.54. The van der Waals surface area contributed by atoms with Crippen LogP contribution >= 0.6 is 0 Å². The van der Waals surface area contributed by atoms with Gasteiger partial charge in [-0.25, -0.2) is 4.79 Å². The van der Waals surface area contributed by atoms with Gasteiger partial charge in [0.1, 0.15) is 6.61 Å². The van der Waals surface area contributed by atoms with Crippen LogP contribution in [-0.2, 0) is 4.79 Å². The number of rotatable bonds is 8. The number of carbonyl (C=O) groups is 1. The van der Waals surface area contributed by atoms with Crippen LogP contribution in [0.1, 0.15) is 24.0 Å². The number of carboxylic acids is 1. The maximum Gasteiger partial charge on any atom is 0.336 e. The molecule has 142 valence electrons. The standard InChI is InChI=1S/C22H25NO4/c1-26-20-10-9-17(15-19(22(24)25)18-7-3-2-4-8-18)16-21(20)27-14-13-23-11-5-6-12-23/h2-4,7-10,15-16H,5-6,11-14H2,1H3,(H,24,25)/b19-15-. The molecule has 2 aromatic rings. The van der Waals surface area contributed by atoms with E-state index in [0.717, 1.165) is 25.2 Å². The third kappa shape index (κ3) is 5.11. The van der Waals surface area contributed by atoms with Crippen LogP contribution in [0.15, 0.2) is 48.5 Å². The molecule has 0 amide bonds. The van der Waals surface area contributed by atoms with Gasteiger partial charge in [0.25, 0.3) is 0 Å². The molecule has 1 fully saturated rings. The zero-order valence-corrected chi connectivity index (χ0v) is 15.6. The Hall–Kier alpha value is -2.79. The molecule has 1 heterocycles. The van der Waals surface area contributed by atoms with E-state index >= 15 is 0 Å². The lowest BCUT2D eigenvalue weighted by molar-refractivity contribution is -0.130. The van der Waals surface area contributed by atoms with Crippen LogP contribution in [-0.4, -0.2) is 49.3 Å². The highest BCUT2D eigenvalue weighted by Crippen LogP contribution is 2.30. The summed E-state index contributed by atoms with van der Waals surface area (Å²) in [5, 5.41) is 9.59. The second-order valence-corrected chi connectivity index (χ2v) is 6.54. The molecule has 27 heavy (non-hydrogen) atoms. The number of methoxy groups -OCH3 is 1. The van der Waals surface area contributed by atoms with E-state index in [9.17, 15) is 9.90 Å². The molecule has 0 bridgehead atoms. The van der Waals surface area contributed by atoms with Crippen molar-refractivity contribution < 1.29 is 19.4 Å². The monoisotopic (exact) mass is 367 g/mol. The molecule has 0 saturated carbocycles. The number of aliphatic carboxylic acids is 1. The van der Waals surface area contributed by atoms with E-state index in [0.29, 0.717) is 23.7 Å². The number of benzene rings is 2. The van der Waals surface area contributed by atoms with E-state index in [1.54, 1.807) is 25.3 Å². The van der Waals surface area contributed by atoms with Crippen molar-refractivity contribution in [1.29, 1.82) is 0 Å². The van der Waals surface area contributed by atoms with E-state index in [-0.39, 0.29) is 5.57 Å². The SMILES string of the molecule is COc1ccc(/C=C(\C(=O)O)c2ccccc2)cc1OCCN1CCCC1. The normalized spacial score (nSPS) is 14.9. The zero-order valence-electron chi connectivity index (χ0n) is 15.6. The van der Waals surface area contributed by atoms with Crippen LogP contribution < -0.4 is 9.47 Å². The highest BCUT2D eigenvalue weighted by atomic mass is 16.5. The summed E-state index contributed by atoms with van der Waals surface area (Å²) in [5.74, 6) is 0.307. The molecule has 0 unspecified atom stereocenters. The van der Waals surface area contributed by atoms with Gasteiger partial charge in [-0.1, -0.05) is 36.4 Å². The van der Waals surface area contributed by atoms with Crippen molar-refractivity contribution >= 4 is 17.6 Å². The van der Waals surface area contributed by atoms with Gasteiger partial charge >= 0.3 is 5.97 Å². The number of nitrogens with zero attached hydrogens (tertiary/aromatic N) is 1. The van der Waals surface area contributed by atoms with Gasteiger partial charge in [-0.05, 0) is 55.3 Å². The predicted molar refractivity (Wildman–Crippen MR) is 106 cm³/mol. The van der Waals surface area contributed by atoms with Crippen LogP contribution in [0, 0.1) is 0 Å². The predicted octanol–water partition coefficient (Wildman–Crippen LogP) is 3.80. The molecule has 1 saturated heterocycles. The summed E-state index contributed by atoms with van der Waals surface area (Å²) < 4.78 is 11.3. The maximum atomic E-state index is 11.7. The van der Waals surface area contributed by atoms with Crippen LogP contribution in [0.3, 0.4) is 0 Å². The van der Waals surface area contributed by atoms with Gasteiger partial charge in [-0.2, -0.15) is 0 Å². The van der Waals surface area contributed by atoms with Gasteiger partial charge in [0.2, 0.25) is 0 Å². The lowest BCUT2D eigenvalue weighted by Gasteiger charge is -2.16. The van der Waals surface area contributed by atoms with Crippen molar-refractivity contribution in [2.24, 2.45) is 0 Å². The molecule has 2 aromatic carbocycles. The molecule has 5 nitrogen and oxygen atoms in total. The minimum atomic E-state index is -0.964. The van der Waals surface area contributed by atoms with Gasteiger partial charge in [-0.3, -0.25) is 4.90 Å². The molecule has 1 aliphatic heterocycles. The molecule has 0 aliphatic carbocycles. The molecule has 0 spiro atoms. The summed E-state index contributed by atoms with van der Waals surface area (Å²) >= 11 is 0. The van der Waals surface area contributed by atoms with Gasteiger partial charge in [0.15, 0.2) is 11.5 Å². The van der Waals surface area contributed by atoms with Crippen molar-refractivity contribution in [3.8, 4) is 11.5 Å². The van der Waals surface area contributed by atoms with Crippen LogP contribution in [0.4, 0.5) is 0 Å². The minimum absolute atomic E-state index is 0.240. The Labute approximate surface area is 159 Å². The van der Waals surface area contributed by atoms with E-state index in [2.05, 4.69) is 4.90 Å². The molecule has 0 atom stereocenters. The van der Waals surface area contributed by atoms with Crippen molar-refractivity contribution in [2.45, 2.75) is 12.8 Å². The van der Waals surface area contributed by atoms with E-state index in [4.69, 9.17) is 9.47 Å². The van der Waals surface area contributed by atoms with Crippen molar-refractivity contribution in [2.75, 3.05) is 33.4 Å². The molecule has 5 heteroatoms. The molecule has 1 N–H and O–H groups in total. The molecular weight excluding hydrogens is 342 g/mol.